The second kappa shape index (κ2) is 10.1. The van der Waals surface area contributed by atoms with Gasteiger partial charge in [-0.3, -0.25) is 4.79 Å². The molecule has 3 aromatic rings. The molecule has 9 heteroatoms. The van der Waals surface area contributed by atoms with Crippen LogP contribution < -0.4 is 21.3 Å². The molecule has 2 heterocycles. The maximum atomic E-state index is 11.7. The molecule has 0 radical (unpaired) electrons. The maximum absolute atomic E-state index is 11.7. The zero-order valence-corrected chi connectivity index (χ0v) is 19.1. The molecular formula is C25H34N8O. The summed E-state index contributed by atoms with van der Waals surface area (Å²) in [6, 6.07) is 15.3. The smallest absolute Gasteiger partial charge is 0.247 e. The van der Waals surface area contributed by atoms with Crippen molar-refractivity contribution in [3.05, 3.63) is 66.7 Å². The average molecular weight is 463 g/mol. The van der Waals surface area contributed by atoms with Crippen molar-refractivity contribution in [1.29, 1.82) is 5.41 Å². The zero-order chi connectivity index (χ0) is 24.1. The van der Waals surface area contributed by atoms with Gasteiger partial charge in [0, 0.05) is 59.3 Å². The highest BCUT2D eigenvalue weighted by molar-refractivity contribution is 5.99. The van der Waals surface area contributed by atoms with Gasteiger partial charge in [-0.2, -0.15) is 4.98 Å². The first-order valence-electron chi connectivity index (χ1n) is 11.0. The molecule has 1 saturated heterocycles. The molecule has 1 aliphatic rings. The number of aromatic nitrogens is 2. The minimum absolute atomic E-state index is 0. The van der Waals surface area contributed by atoms with Crippen molar-refractivity contribution >= 4 is 41.0 Å². The third kappa shape index (κ3) is 5.21. The van der Waals surface area contributed by atoms with Gasteiger partial charge in [-0.25, -0.2) is 4.98 Å². The lowest BCUT2D eigenvalue weighted by Gasteiger charge is -2.34. The molecule has 0 spiro atoms. The van der Waals surface area contributed by atoms with Crippen molar-refractivity contribution in [1.82, 2.24) is 14.9 Å². The van der Waals surface area contributed by atoms with E-state index < -0.39 is 0 Å². The van der Waals surface area contributed by atoms with Gasteiger partial charge in [-0.15, -0.1) is 0 Å². The molecule has 0 unspecified atom stereocenters. The number of hydrogen-bond acceptors (Lipinski definition) is 8. The molecule has 4 rings (SSSR count). The Morgan fingerprint density at radius 3 is 2.53 bits per heavy atom. The molecule has 180 valence electrons. The van der Waals surface area contributed by atoms with Crippen LogP contribution in [-0.4, -0.2) is 60.2 Å². The average Bonchev–Trinajstić information content (AvgIpc) is 2.85. The quantitative estimate of drug-likeness (QED) is 0.308. The van der Waals surface area contributed by atoms with Gasteiger partial charge in [0.25, 0.3) is 0 Å². The first-order valence-corrected chi connectivity index (χ1v) is 11.0. The summed E-state index contributed by atoms with van der Waals surface area (Å²) in [4.78, 5) is 25.3. The van der Waals surface area contributed by atoms with Gasteiger partial charge in [-0.05, 0) is 49.5 Å². The normalized spacial score (nSPS) is 13.9. The topological polar surface area (TPSA) is 123 Å². The van der Waals surface area contributed by atoms with E-state index in [2.05, 4.69) is 56.2 Å². The molecule has 9 nitrogen and oxygen atoms in total. The summed E-state index contributed by atoms with van der Waals surface area (Å²) in [5.41, 5.74) is 10.4. The van der Waals surface area contributed by atoms with Crippen molar-refractivity contribution in [3.63, 3.8) is 0 Å². The van der Waals surface area contributed by atoms with Gasteiger partial charge in [0.2, 0.25) is 11.9 Å². The van der Waals surface area contributed by atoms with E-state index in [4.69, 9.17) is 11.1 Å². The van der Waals surface area contributed by atoms with E-state index in [1.54, 1.807) is 18.2 Å². The monoisotopic (exact) mass is 462 g/mol. The number of likely N-dealkylation sites (N-methyl/N-ethyl adjacent to an activating group) is 1. The minimum Gasteiger partial charge on any atom is -0.383 e. The van der Waals surface area contributed by atoms with Crippen LogP contribution in [0.2, 0.25) is 0 Å². The molecule has 1 amide bonds. The van der Waals surface area contributed by atoms with Crippen molar-refractivity contribution in [2.45, 2.75) is 0 Å². The van der Waals surface area contributed by atoms with Gasteiger partial charge in [0.1, 0.15) is 5.82 Å². The number of anilines is 5. The predicted octanol–water partition coefficient (Wildman–Crippen LogP) is 4.08. The van der Waals surface area contributed by atoms with Crippen molar-refractivity contribution < 1.29 is 9.07 Å². The summed E-state index contributed by atoms with van der Waals surface area (Å²) in [5, 5.41) is 13.7. The number of rotatable bonds is 7. The molecule has 5 N–H and O–H groups in total. The lowest BCUT2D eigenvalue weighted by Crippen LogP contribution is -2.44. The van der Waals surface area contributed by atoms with Gasteiger partial charge in [0.15, 0.2) is 0 Å². The standard InChI is InChI=1S/C25H28N8O.3H2/c1-3-22(34)28-19-6-4-5-17(15-19)23-21(16-26)24(27)31-25(30-23)29-18-7-9-20(10-8-18)33-13-11-32(2)12-14-33;;;/h3-10,15-16,26H,1,11-14H2,2H3,(H,28,34)(H3,27,29,30,31);3*1H. The van der Waals surface area contributed by atoms with Crippen molar-refractivity contribution in [3.8, 4) is 11.3 Å². The Balaban J connectivity index is 0.00000228. The van der Waals surface area contributed by atoms with E-state index in [0.717, 1.165) is 38.1 Å². The van der Waals surface area contributed by atoms with Gasteiger partial charge >= 0.3 is 0 Å². The minimum atomic E-state index is -0.311. The number of hydrogen-bond donors (Lipinski definition) is 4. The predicted molar refractivity (Wildman–Crippen MR) is 144 cm³/mol. The maximum Gasteiger partial charge on any atom is 0.247 e. The highest BCUT2D eigenvalue weighted by atomic mass is 16.1. The van der Waals surface area contributed by atoms with E-state index >= 15 is 0 Å². The van der Waals surface area contributed by atoms with Crippen LogP contribution in [0.4, 0.5) is 28.8 Å². The Hall–Kier alpha value is -4.24. The number of nitrogens with two attached hydrogens (primary N) is 1. The second-order valence-electron chi connectivity index (χ2n) is 8.08. The van der Waals surface area contributed by atoms with E-state index in [-0.39, 0.29) is 16.0 Å². The van der Waals surface area contributed by atoms with Crippen LogP contribution in [-0.2, 0) is 4.79 Å². The molecule has 1 aliphatic heterocycles. The number of carbonyl (C=O) groups excluding carboxylic acids is 1. The van der Waals surface area contributed by atoms with Gasteiger partial charge in [-0.1, -0.05) is 18.7 Å². The largest absolute Gasteiger partial charge is 0.383 e. The molecule has 0 bridgehead atoms. The molecule has 34 heavy (non-hydrogen) atoms. The van der Waals surface area contributed by atoms with E-state index in [9.17, 15) is 4.79 Å². The first kappa shape index (κ1) is 22.9. The lowest BCUT2D eigenvalue weighted by atomic mass is 10.1. The molecule has 0 atom stereocenters. The molecule has 2 aromatic carbocycles. The summed E-state index contributed by atoms with van der Waals surface area (Å²) in [6.07, 6.45) is 2.34. The fourth-order valence-corrected chi connectivity index (χ4v) is 3.79. The third-order valence-electron chi connectivity index (χ3n) is 5.70. The summed E-state index contributed by atoms with van der Waals surface area (Å²) in [5.74, 6) is 0.206. The Morgan fingerprint density at radius 1 is 1.12 bits per heavy atom. The summed E-state index contributed by atoms with van der Waals surface area (Å²) < 4.78 is 0. The number of amides is 1. The number of benzene rings is 2. The van der Waals surface area contributed by atoms with Crippen LogP contribution in [0.15, 0.2) is 61.2 Å². The number of piperazine rings is 1. The Kier molecular flexibility index (Phi) is 6.84. The Bertz CT molecular complexity index is 1220. The van der Waals surface area contributed by atoms with Crippen LogP contribution >= 0.6 is 0 Å². The van der Waals surface area contributed by atoms with E-state index in [0.29, 0.717) is 28.5 Å². The van der Waals surface area contributed by atoms with E-state index in [1.807, 2.05) is 18.2 Å². The van der Waals surface area contributed by atoms with E-state index in [1.165, 1.54) is 11.8 Å². The number of carbonyl (C=O) groups is 1. The van der Waals surface area contributed by atoms with Crippen molar-refractivity contribution in [2.24, 2.45) is 0 Å². The first-order chi connectivity index (χ1) is 16.5. The highest BCUT2D eigenvalue weighted by Crippen LogP contribution is 2.29. The molecule has 1 aromatic heterocycles. The molecule has 1 fully saturated rings. The zero-order valence-electron chi connectivity index (χ0n) is 19.1. The highest BCUT2D eigenvalue weighted by Gasteiger charge is 2.16. The molecular weight excluding hydrogens is 428 g/mol. The SMILES string of the molecule is C=CC(=O)Nc1cccc(-c2nc(Nc3ccc(N4CCN(C)CC4)cc3)nc(N)c2C=N)c1.[HH].[HH].[HH]. The number of nitrogens with zero attached hydrogens (tertiary/aromatic N) is 4. The van der Waals surface area contributed by atoms with Crippen LogP contribution in [0.3, 0.4) is 0 Å². The second-order valence-corrected chi connectivity index (χ2v) is 8.08. The van der Waals surface area contributed by atoms with Crippen LogP contribution in [0.5, 0.6) is 0 Å². The molecule has 0 aliphatic carbocycles. The Morgan fingerprint density at radius 2 is 1.85 bits per heavy atom. The number of nitrogens with one attached hydrogen (secondary N) is 3. The van der Waals surface area contributed by atoms with Gasteiger partial charge < -0.3 is 31.6 Å². The lowest BCUT2D eigenvalue weighted by molar-refractivity contribution is -0.111. The summed E-state index contributed by atoms with van der Waals surface area (Å²) in [6.45, 7) is 7.58. The van der Waals surface area contributed by atoms with Crippen LogP contribution in [0.25, 0.3) is 11.3 Å². The fraction of sp³-hybridized carbons (Fsp3) is 0.200. The van der Waals surface area contributed by atoms with Gasteiger partial charge in [0.05, 0.1) is 11.3 Å². The number of nitrogen functional groups attached to an aromatic ring is 1. The summed E-state index contributed by atoms with van der Waals surface area (Å²) >= 11 is 0. The summed E-state index contributed by atoms with van der Waals surface area (Å²) in [7, 11) is 2.14. The van der Waals surface area contributed by atoms with Crippen LogP contribution in [0, 0.1) is 5.41 Å². The molecule has 0 saturated carbocycles. The Labute approximate surface area is 203 Å². The third-order valence-corrected chi connectivity index (χ3v) is 5.70. The fourth-order valence-electron chi connectivity index (χ4n) is 3.79. The van der Waals surface area contributed by atoms with Crippen LogP contribution in [0.1, 0.15) is 9.84 Å². The van der Waals surface area contributed by atoms with Crippen molar-refractivity contribution in [2.75, 3.05) is 54.5 Å².